The van der Waals surface area contributed by atoms with Crippen molar-refractivity contribution in [1.29, 1.82) is 0 Å². The monoisotopic (exact) mass is 343 g/mol. The molecule has 0 saturated carbocycles. The van der Waals surface area contributed by atoms with Gasteiger partial charge < -0.3 is 4.74 Å². The first-order chi connectivity index (χ1) is 10.8. The van der Waals surface area contributed by atoms with E-state index in [-0.39, 0.29) is 5.97 Å². The highest BCUT2D eigenvalue weighted by Gasteiger charge is 2.17. The van der Waals surface area contributed by atoms with Gasteiger partial charge in [0.2, 0.25) is 0 Å². The average molecular weight is 344 g/mol. The highest BCUT2D eigenvalue weighted by atomic mass is 32.1. The van der Waals surface area contributed by atoms with Crippen LogP contribution in [0.5, 0.6) is 0 Å². The van der Waals surface area contributed by atoms with E-state index in [1.807, 2.05) is 31.2 Å². The summed E-state index contributed by atoms with van der Waals surface area (Å²) in [7, 11) is -1.36. The summed E-state index contributed by atoms with van der Waals surface area (Å²) in [5.74, 6) is 2.94. The second-order valence-electron chi connectivity index (χ2n) is 6.23. The molecule has 0 saturated heterocycles. The smallest absolute Gasteiger partial charge is 0.350 e. The topological polar surface area (TPSA) is 39.2 Å². The van der Waals surface area contributed by atoms with Gasteiger partial charge in [0, 0.05) is 11.1 Å². The van der Waals surface area contributed by atoms with Crippen LogP contribution in [0.25, 0.3) is 10.6 Å². The average Bonchev–Trinajstić information content (AvgIpc) is 2.87. The van der Waals surface area contributed by atoms with Gasteiger partial charge in [-0.1, -0.05) is 37.7 Å². The van der Waals surface area contributed by atoms with Crippen LogP contribution in [0.1, 0.15) is 27.9 Å². The van der Waals surface area contributed by atoms with Gasteiger partial charge in [-0.05, 0) is 26.0 Å². The number of hydrogen-bond acceptors (Lipinski definition) is 4. The van der Waals surface area contributed by atoms with E-state index in [2.05, 4.69) is 36.1 Å². The van der Waals surface area contributed by atoms with Gasteiger partial charge in [0.25, 0.3) is 0 Å². The zero-order valence-electron chi connectivity index (χ0n) is 14.2. The van der Waals surface area contributed by atoms with Gasteiger partial charge in [0.05, 0.1) is 12.3 Å². The summed E-state index contributed by atoms with van der Waals surface area (Å²) < 4.78 is 5.06. The second kappa shape index (κ2) is 7.11. The van der Waals surface area contributed by atoms with Crippen LogP contribution < -0.4 is 0 Å². The van der Waals surface area contributed by atoms with Crippen molar-refractivity contribution in [3.05, 3.63) is 40.4 Å². The Morgan fingerprint density at radius 1 is 1.26 bits per heavy atom. The lowest BCUT2D eigenvalue weighted by molar-refractivity contribution is 0.0531. The van der Waals surface area contributed by atoms with E-state index < -0.39 is 8.07 Å². The van der Waals surface area contributed by atoms with Crippen molar-refractivity contribution in [2.45, 2.75) is 33.5 Å². The van der Waals surface area contributed by atoms with Crippen LogP contribution >= 0.6 is 11.3 Å². The number of hydrogen-bond donors (Lipinski definition) is 0. The van der Waals surface area contributed by atoms with Crippen LogP contribution in [0.15, 0.2) is 24.3 Å². The van der Waals surface area contributed by atoms with Crippen LogP contribution in [-0.2, 0) is 4.74 Å². The fourth-order valence-electron chi connectivity index (χ4n) is 1.86. The molecule has 120 valence electrons. The molecule has 0 aliphatic carbocycles. The predicted molar refractivity (Wildman–Crippen MR) is 98.5 cm³/mol. The molecule has 2 rings (SSSR count). The lowest BCUT2D eigenvalue weighted by atomic mass is 10.1. The molecule has 0 aliphatic rings. The van der Waals surface area contributed by atoms with Crippen molar-refractivity contribution >= 4 is 25.4 Å². The summed E-state index contributed by atoms with van der Waals surface area (Å²) in [5, 5.41) is 0.829. The Hall–Kier alpha value is -1.90. The second-order valence-corrected chi connectivity index (χ2v) is 12.0. The number of ether oxygens (including phenoxy) is 1. The molecule has 0 amide bonds. The number of carbonyl (C=O) groups excluding carboxylic acids is 1. The first-order valence-corrected chi connectivity index (χ1v) is 11.9. The molecular weight excluding hydrogens is 322 g/mol. The van der Waals surface area contributed by atoms with E-state index in [1.165, 1.54) is 11.3 Å². The Balaban J connectivity index is 2.24. The van der Waals surface area contributed by atoms with E-state index in [0.717, 1.165) is 16.1 Å². The molecule has 0 aliphatic heterocycles. The number of nitrogens with zero attached hydrogens (tertiary/aromatic N) is 1. The maximum Gasteiger partial charge on any atom is 0.350 e. The van der Waals surface area contributed by atoms with Crippen molar-refractivity contribution < 1.29 is 9.53 Å². The van der Waals surface area contributed by atoms with Gasteiger partial charge >= 0.3 is 5.97 Å². The van der Waals surface area contributed by atoms with Gasteiger partial charge in [-0.2, -0.15) is 0 Å². The van der Waals surface area contributed by atoms with Crippen molar-refractivity contribution in [3.63, 3.8) is 0 Å². The molecular formula is C18H21NO2SSi. The summed E-state index contributed by atoms with van der Waals surface area (Å²) in [6.45, 7) is 10.7. The first kappa shape index (κ1) is 17.5. The Morgan fingerprint density at radius 3 is 2.48 bits per heavy atom. The molecule has 1 heterocycles. The largest absolute Gasteiger partial charge is 0.462 e. The summed E-state index contributed by atoms with van der Waals surface area (Å²) in [4.78, 5) is 16.9. The number of esters is 1. The SMILES string of the molecule is CCOC(=O)c1sc(-c2ccc(C#C[Si](C)(C)C)cc2)nc1C. The van der Waals surface area contributed by atoms with E-state index >= 15 is 0 Å². The third-order valence-corrected chi connectivity index (χ3v) is 5.03. The van der Waals surface area contributed by atoms with Crippen LogP contribution in [-0.4, -0.2) is 25.6 Å². The molecule has 1 aromatic heterocycles. The number of aromatic nitrogens is 1. The summed E-state index contributed by atoms with van der Waals surface area (Å²) in [6, 6.07) is 8.01. The van der Waals surface area contributed by atoms with E-state index in [0.29, 0.717) is 17.2 Å². The molecule has 0 N–H and O–H groups in total. The number of thiazole rings is 1. The maximum absolute atomic E-state index is 11.9. The Labute approximate surface area is 142 Å². The number of aryl methyl sites for hydroxylation is 1. The Kier molecular flexibility index (Phi) is 5.40. The molecule has 3 nitrogen and oxygen atoms in total. The molecule has 0 fully saturated rings. The lowest BCUT2D eigenvalue weighted by Gasteiger charge is -2.03. The van der Waals surface area contributed by atoms with Crippen LogP contribution in [0.3, 0.4) is 0 Å². The van der Waals surface area contributed by atoms with Crippen molar-refractivity contribution in [2.24, 2.45) is 0 Å². The number of rotatable bonds is 3. The van der Waals surface area contributed by atoms with E-state index in [4.69, 9.17) is 4.74 Å². The van der Waals surface area contributed by atoms with Gasteiger partial charge in [-0.15, -0.1) is 16.9 Å². The summed E-state index contributed by atoms with van der Waals surface area (Å²) in [5.41, 5.74) is 6.07. The van der Waals surface area contributed by atoms with E-state index in [1.54, 1.807) is 6.92 Å². The van der Waals surface area contributed by atoms with Crippen molar-refractivity contribution in [1.82, 2.24) is 4.98 Å². The van der Waals surface area contributed by atoms with Crippen LogP contribution in [0, 0.1) is 18.4 Å². The van der Waals surface area contributed by atoms with Gasteiger partial charge in [0.15, 0.2) is 0 Å². The van der Waals surface area contributed by atoms with Crippen molar-refractivity contribution in [2.75, 3.05) is 6.61 Å². The molecule has 5 heteroatoms. The van der Waals surface area contributed by atoms with Crippen LogP contribution in [0.4, 0.5) is 0 Å². The molecule has 0 radical (unpaired) electrons. The number of carbonyl (C=O) groups is 1. The fourth-order valence-corrected chi connectivity index (χ4v) is 3.35. The molecule has 0 unspecified atom stereocenters. The minimum Gasteiger partial charge on any atom is -0.462 e. The minimum absolute atomic E-state index is 0.300. The lowest BCUT2D eigenvalue weighted by Crippen LogP contribution is -2.16. The molecule has 1 aromatic carbocycles. The maximum atomic E-state index is 11.9. The molecule has 0 atom stereocenters. The Morgan fingerprint density at radius 2 is 1.91 bits per heavy atom. The quantitative estimate of drug-likeness (QED) is 0.467. The van der Waals surface area contributed by atoms with Gasteiger partial charge in [-0.3, -0.25) is 0 Å². The standard InChI is InChI=1S/C18H21NO2SSi/c1-6-21-18(20)16-13(2)19-17(22-16)15-9-7-14(8-10-15)11-12-23(3,4)5/h7-10H,6H2,1-5H3. The Bertz CT molecular complexity index is 761. The highest BCUT2D eigenvalue weighted by molar-refractivity contribution is 7.17. The minimum atomic E-state index is -1.36. The van der Waals surface area contributed by atoms with Crippen LogP contribution in [0.2, 0.25) is 19.6 Å². The predicted octanol–water partition coefficient (Wildman–Crippen LogP) is 4.52. The van der Waals surface area contributed by atoms with E-state index in [9.17, 15) is 4.79 Å². The first-order valence-electron chi connectivity index (χ1n) is 7.58. The molecule has 23 heavy (non-hydrogen) atoms. The fraction of sp³-hybridized carbons (Fsp3) is 0.333. The van der Waals surface area contributed by atoms with Gasteiger partial charge in [-0.25, -0.2) is 9.78 Å². The zero-order valence-corrected chi connectivity index (χ0v) is 16.0. The molecule has 0 spiro atoms. The zero-order chi connectivity index (χ0) is 17.0. The van der Waals surface area contributed by atoms with Crippen molar-refractivity contribution in [3.8, 4) is 22.0 Å². The summed E-state index contributed by atoms with van der Waals surface area (Å²) >= 11 is 1.37. The number of benzene rings is 1. The van der Waals surface area contributed by atoms with Gasteiger partial charge in [0.1, 0.15) is 18.0 Å². The third kappa shape index (κ3) is 4.78. The molecule has 0 bridgehead atoms. The summed E-state index contributed by atoms with van der Waals surface area (Å²) in [6.07, 6.45) is 0. The molecule has 2 aromatic rings. The highest BCUT2D eigenvalue weighted by Crippen LogP contribution is 2.28. The third-order valence-electron chi connectivity index (χ3n) is 2.97. The normalized spacial score (nSPS) is 10.8.